The molecule has 1 aliphatic heterocycles. The zero-order chi connectivity index (χ0) is 13.9. The fourth-order valence-electron chi connectivity index (χ4n) is 2.27. The number of rotatable bonds is 3. The largest absolute Gasteiger partial charge is 0.497 e. The molecule has 1 aromatic rings. The zero-order valence-corrected chi connectivity index (χ0v) is 12.0. The van der Waals surface area contributed by atoms with Crippen LogP contribution in [0.25, 0.3) is 0 Å². The number of methoxy groups -OCH3 is 2. The van der Waals surface area contributed by atoms with E-state index in [1.54, 1.807) is 20.3 Å². The first-order chi connectivity index (χ1) is 9.05. The highest BCUT2D eigenvalue weighted by Crippen LogP contribution is 2.31. The summed E-state index contributed by atoms with van der Waals surface area (Å²) >= 11 is 0. The predicted octanol–water partition coefficient (Wildman–Crippen LogP) is 1.15. The SMILES string of the molecule is COc1ccc(C2CS(=O)(=O)CCCN2)c(OC)c1. The highest BCUT2D eigenvalue weighted by molar-refractivity contribution is 7.91. The van der Waals surface area contributed by atoms with Crippen LogP contribution in [0.4, 0.5) is 0 Å². The molecular weight excluding hydrogens is 266 g/mol. The van der Waals surface area contributed by atoms with Crippen molar-refractivity contribution in [3.8, 4) is 11.5 Å². The molecule has 0 radical (unpaired) electrons. The van der Waals surface area contributed by atoms with Gasteiger partial charge in [0.15, 0.2) is 9.84 Å². The van der Waals surface area contributed by atoms with Crippen LogP contribution in [0, 0.1) is 0 Å². The van der Waals surface area contributed by atoms with Gasteiger partial charge in [0.2, 0.25) is 0 Å². The molecule has 6 heteroatoms. The van der Waals surface area contributed by atoms with Gasteiger partial charge in [0.25, 0.3) is 0 Å². The van der Waals surface area contributed by atoms with Crippen molar-refractivity contribution in [1.82, 2.24) is 5.32 Å². The monoisotopic (exact) mass is 285 g/mol. The molecule has 1 N–H and O–H groups in total. The lowest BCUT2D eigenvalue weighted by Gasteiger charge is -2.19. The molecule has 1 heterocycles. The van der Waals surface area contributed by atoms with E-state index < -0.39 is 9.84 Å². The standard InChI is InChI=1S/C13H19NO4S/c1-17-10-4-5-11(13(8-10)18-2)12-9-19(15,16)7-3-6-14-12/h4-5,8,12,14H,3,6-7,9H2,1-2H3. The van der Waals surface area contributed by atoms with Crippen molar-refractivity contribution in [2.45, 2.75) is 12.5 Å². The molecule has 0 aromatic heterocycles. The summed E-state index contributed by atoms with van der Waals surface area (Å²) in [5.41, 5.74) is 0.855. The van der Waals surface area contributed by atoms with Gasteiger partial charge in [-0.2, -0.15) is 0 Å². The third-order valence-electron chi connectivity index (χ3n) is 3.26. The third kappa shape index (κ3) is 3.39. The van der Waals surface area contributed by atoms with Crippen LogP contribution in [0.1, 0.15) is 18.0 Å². The summed E-state index contributed by atoms with van der Waals surface area (Å²) in [6, 6.07) is 5.22. The summed E-state index contributed by atoms with van der Waals surface area (Å²) in [5.74, 6) is 1.69. The van der Waals surface area contributed by atoms with Crippen LogP contribution in [0.5, 0.6) is 11.5 Å². The molecule has 106 valence electrons. The Morgan fingerprint density at radius 1 is 1.26 bits per heavy atom. The summed E-state index contributed by atoms with van der Waals surface area (Å²) in [4.78, 5) is 0. The Labute approximate surface area is 113 Å². The Bertz CT molecular complexity index is 542. The second kappa shape index (κ2) is 5.79. The van der Waals surface area contributed by atoms with Crippen LogP contribution in [0.3, 0.4) is 0 Å². The fourth-order valence-corrected chi connectivity index (χ4v) is 3.83. The van der Waals surface area contributed by atoms with E-state index in [0.29, 0.717) is 24.5 Å². The van der Waals surface area contributed by atoms with Crippen LogP contribution in [0.15, 0.2) is 18.2 Å². The normalized spacial score (nSPS) is 22.5. The average molecular weight is 285 g/mol. The summed E-state index contributed by atoms with van der Waals surface area (Å²) < 4.78 is 34.2. The molecular formula is C13H19NO4S. The molecule has 19 heavy (non-hydrogen) atoms. The first kappa shape index (κ1) is 14.1. The number of nitrogens with one attached hydrogen (secondary N) is 1. The third-order valence-corrected chi connectivity index (χ3v) is 5.01. The maximum absolute atomic E-state index is 11.9. The minimum atomic E-state index is -3.01. The number of benzene rings is 1. The molecule has 0 spiro atoms. The first-order valence-corrected chi connectivity index (χ1v) is 8.03. The summed E-state index contributed by atoms with van der Waals surface area (Å²) in [5, 5.41) is 3.27. The molecule has 0 bridgehead atoms. The van der Waals surface area contributed by atoms with Gasteiger partial charge in [-0.15, -0.1) is 0 Å². The molecule has 5 nitrogen and oxygen atoms in total. The van der Waals surface area contributed by atoms with E-state index in [0.717, 1.165) is 5.56 Å². The van der Waals surface area contributed by atoms with E-state index in [-0.39, 0.29) is 17.5 Å². The van der Waals surface area contributed by atoms with E-state index in [9.17, 15) is 8.42 Å². The van der Waals surface area contributed by atoms with E-state index >= 15 is 0 Å². The lowest BCUT2D eigenvalue weighted by Crippen LogP contribution is -2.25. The van der Waals surface area contributed by atoms with Crippen molar-refractivity contribution >= 4 is 9.84 Å². The second-order valence-corrected chi connectivity index (χ2v) is 6.81. The maximum atomic E-state index is 11.9. The smallest absolute Gasteiger partial charge is 0.152 e. The molecule has 1 aromatic carbocycles. The van der Waals surface area contributed by atoms with Crippen molar-refractivity contribution in [3.63, 3.8) is 0 Å². The van der Waals surface area contributed by atoms with Gasteiger partial charge in [-0.1, -0.05) is 6.07 Å². The highest BCUT2D eigenvalue weighted by Gasteiger charge is 2.25. The number of sulfone groups is 1. The molecule has 1 aliphatic rings. The summed E-state index contributed by atoms with van der Waals surface area (Å²) in [6.45, 7) is 0.694. The van der Waals surface area contributed by atoms with E-state index in [1.807, 2.05) is 12.1 Å². The Morgan fingerprint density at radius 3 is 2.74 bits per heavy atom. The molecule has 1 atom stereocenters. The molecule has 0 saturated carbocycles. The molecule has 1 saturated heterocycles. The van der Waals surface area contributed by atoms with E-state index in [1.165, 1.54) is 0 Å². The van der Waals surface area contributed by atoms with Gasteiger partial charge in [-0.05, 0) is 19.0 Å². The van der Waals surface area contributed by atoms with Crippen LogP contribution >= 0.6 is 0 Å². The molecule has 1 fully saturated rings. The lowest BCUT2D eigenvalue weighted by molar-refractivity contribution is 0.386. The Hall–Kier alpha value is -1.27. The Kier molecular flexibility index (Phi) is 4.31. The molecule has 0 aliphatic carbocycles. The van der Waals surface area contributed by atoms with Gasteiger partial charge >= 0.3 is 0 Å². The zero-order valence-electron chi connectivity index (χ0n) is 11.2. The minimum absolute atomic E-state index is 0.107. The van der Waals surface area contributed by atoms with Crippen molar-refractivity contribution in [3.05, 3.63) is 23.8 Å². The first-order valence-electron chi connectivity index (χ1n) is 6.21. The van der Waals surface area contributed by atoms with Gasteiger partial charge in [-0.25, -0.2) is 8.42 Å². The highest BCUT2D eigenvalue weighted by atomic mass is 32.2. The lowest BCUT2D eigenvalue weighted by atomic mass is 10.1. The van der Waals surface area contributed by atoms with Crippen molar-refractivity contribution in [1.29, 1.82) is 0 Å². The van der Waals surface area contributed by atoms with Gasteiger partial charge in [0, 0.05) is 17.7 Å². The van der Waals surface area contributed by atoms with Crippen LogP contribution < -0.4 is 14.8 Å². The maximum Gasteiger partial charge on any atom is 0.152 e. The topological polar surface area (TPSA) is 64.6 Å². The number of ether oxygens (including phenoxy) is 2. The van der Waals surface area contributed by atoms with Crippen LogP contribution in [-0.2, 0) is 9.84 Å². The van der Waals surface area contributed by atoms with Gasteiger partial charge in [0.1, 0.15) is 11.5 Å². The number of hydrogen-bond donors (Lipinski definition) is 1. The van der Waals surface area contributed by atoms with Crippen molar-refractivity contribution in [2.75, 3.05) is 32.3 Å². The Balaban J connectivity index is 2.34. The van der Waals surface area contributed by atoms with Crippen molar-refractivity contribution < 1.29 is 17.9 Å². The summed E-state index contributed by atoms with van der Waals surface area (Å²) in [6.07, 6.45) is 0.650. The van der Waals surface area contributed by atoms with Crippen molar-refractivity contribution in [2.24, 2.45) is 0 Å². The van der Waals surface area contributed by atoms with Gasteiger partial charge < -0.3 is 14.8 Å². The second-order valence-electron chi connectivity index (χ2n) is 4.58. The Morgan fingerprint density at radius 2 is 2.05 bits per heavy atom. The van der Waals surface area contributed by atoms with Gasteiger partial charge in [-0.3, -0.25) is 0 Å². The predicted molar refractivity (Wildman–Crippen MR) is 73.6 cm³/mol. The summed E-state index contributed by atoms with van der Waals surface area (Å²) in [7, 11) is 0.153. The average Bonchev–Trinajstić information content (AvgIpc) is 2.58. The fraction of sp³-hybridized carbons (Fsp3) is 0.538. The molecule has 0 amide bonds. The van der Waals surface area contributed by atoms with Gasteiger partial charge in [0.05, 0.1) is 25.7 Å². The van der Waals surface area contributed by atoms with E-state index in [4.69, 9.17) is 9.47 Å². The quantitative estimate of drug-likeness (QED) is 0.902. The van der Waals surface area contributed by atoms with Crippen LogP contribution in [0.2, 0.25) is 0 Å². The van der Waals surface area contributed by atoms with E-state index in [2.05, 4.69) is 5.32 Å². The molecule has 1 unspecified atom stereocenters. The minimum Gasteiger partial charge on any atom is -0.497 e. The number of hydrogen-bond acceptors (Lipinski definition) is 5. The van der Waals surface area contributed by atoms with Crippen LogP contribution in [-0.4, -0.2) is 40.7 Å². The molecule has 2 rings (SSSR count).